The van der Waals surface area contributed by atoms with Crippen LogP contribution in [0.5, 0.6) is 0 Å². The quantitative estimate of drug-likeness (QED) is 0.855. The van der Waals surface area contributed by atoms with Gasteiger partial charge in [0.15, 0.2) is 4.77 Å². The van der Waals surface area contributed by atoms with E-state index in [0.29, 0.717) is 10.0 Å². The normalized spacial score (nSPS) is 20.4. The minimum absolute atomic E-state index is 0.228. The van der Waals surface area contributed by atoms with Crippen LogP contribution in [0.2, 0.25) is 0 Å². The highest BCUT2D eigenvalue weighted by atomic mass is 32.2. The van der Waals surface area contributed by atoms with Gasteiger partial charge in [-0.05, 0) is 30.4 Å². The van der Waals surface area contributed by atoms with Crippen molar-refractivity contribution in [3.05, 3.63) is 28.8 Å². The molecule has 3 rings (SSSR count). The van der Waals surface area contributed by atoms with Crippen molar-refractivity contribution in [3.63, 3.8) is 0 Å². The van der Waals surface area contributed by atoms with E-state index < -0.39 is 0 Å². The molecular formula is C12H13FN2S3. The topological polar surface area (TPSA) is 20.7 Å². The van der Waals surface area contributed by atoms with Crippen molar-refractivity contribution in [1.82, 2.24) is 9.55 Å². The summed E-state index contributed by atoms with van der Waals surface area (Å²) in [7, 11) is 0. The highest BCUT2D eigenvalue weighted by Crippen LogP contribution is 2.26. The molecule has 1 unspecified atom stereocenters. The van der Waals surface area contributed by atoms with Crippen LogP contribution in [0.3, 0.4) is 0 Å². The van der Waals surface area contributed by atoms with Crippen molar-refractivity contribution in [2.45, 2.75) is 11.8 Å². The zero-order valence-electron chi connectivity index (χ0n) is 9.69. The van der Waals surface area contributed by atoms with Crippen LogP contribution in [0.15, 0.2) is 18.2 Å². The number of hydrogen-bond acceptors (Lipinski definition) is 3. The molecule has 6 heteroatoms. The summed E-state index contributed by atoms with van der Waals surface area (Å²) >= 11 is 9.34. The lowest BCUT2D eigenvalue weighted by Crippen LogP contribution is -2.20. The molecule has 2 heterocycles. The van der Waals surface area contributed by atoms with Crippen LogP contribution in [-0.4, -0.2) is 32.1 Å². The molecule has 0 amide bonds. The van der Waals surface area contributed by atoms with Gasteiger partial charge in [-0.25, -0.2) is 4.39 Å². The fraction of sp³-hybridized carbons (Fsp3) is 0.417. The number of thioether (sulfide) groups is 2. The molecule has 1 aliphatic rings. The maximum absolute atomic E-state index is 13.2. The van der Waals surface area contributed by atoms with E-state index in [2.05, 4.69) is 9.55 Å². The summed E-state index contributed by atoms with van der Waals surface area (Å²) in [4.78, 5) is 3.08. The standard InChI is InChI=1S/C12H13FN2S3/c13-8-1-2-11-10(5-8)14-12(16)15(11)6-9-7-17-3-4-18-9/h1-2,5,9H,3-4,6-7H2,(H,14,16). The van der Waals surface area contributed by atoms with E-state index in [4.69, 9.17) is 12.2 Å². The second kappa shape index (κ2) is 5.27. The third kappa shape index (κ3) is 2.46. The molecule has 0 saturated carbocycles. The minimum Gasteiger partial charge on any atom is -0.330 e. The van der Waals surface area contributed by atoms with Gasteiger partial charge in [-0.15, -0.1) is 0 Å². The number of aromatic amines is 1. The van der Waals surface area contributed by atoms with Gasteiger partial charge in [0.1, 0.15) is 5.82 Å². The SMILES string of the molecule is Fc1ccc2c(c1)[nH]c(=S)n2CC1CSCCS1. The molecule has 1 N–H and O–H groups in total. The predicted molar refractivity (Wildman–Crippen MR) is 80.7 cm³/mol. The monoisotopic (exact) mass is 300 g/mol. The first kappa shape index (κ1) is 12.6. The van der Waals surface area contributed by atoms with Crippen LogP contribution in [-0.2, 0) is 6.54 Å². The Morgan fingerprint density at radius 2 is 2.33 bits per heavy atom. The van der Waals surface area contributed by atoms with Gasteiger partial charge >= 0.3 is 0 Å². The zero-order valence-corrected chi connectivity index (χ0v) is 12.1. The van der Waals surface area contributed by atoms with E-state index in [0.717, 1.165) is 17.6 Å². The molecule has 1 aromatic carbocycles. The Labute approximate surface area is 118 Å². The summed E-state index contributed by atoms with van der Waals surface area (Å²) in [6.07, 6.45) is 0. The average Bonchev–Trinajstić information content (AvgIpc) is 2.66. The number of H-pyrrole nitrogens is 1. The molecule has 0 spiro atoms. The molecule has 0 aliphatic carbocycles. The predicted octanol–water partition coefficient (Wildman–Crippen LogP) is 3.69. The summed E-state index contributed by atoms with van der Waals surface area (Å²) in [6, 6.07) is 4.80. The maximum atomic E-state index is 13.2. The summed E-state index contributed by atoms with van der Waals surface area (Å²) in [5, 5.41) is 0.597. The van der Waals surface area contributed by atoms with Gasteiger partial charge in [-0.1, -0.05) is 0 Å². The Morgan fingerprint density at radius 3 is 3.11 bits per heavy atom. The molecule has 18 heavy (non-hydrogen) atoms. The molecule has 1 aromatic heterocycles. The van der Waals surface area contributed by atoms with Gasteiger partial charge in [0.25, 0.3) is 0 Å². The van der Waals surface area contributed by atoms with Crippen LogP contribution in [0, 0.1) is 10.6 Å². The Balaban J connectivity index is 1.95. The Morgan fingerprint density at radius 1 is 1.44 bits per heavy atom. The molecule has 1 aliphatic heterocycles. The second-order valence-electron chi connectivity index (χ2n) is 4.27. The van der Waals surface area contributed by atoms with Gasteiger partial charge < -0.3 is 9.55 Å². The van der Waals surface area contributed by atoms with Crippen molar-refractivity contribution >= 4 is 46.8 Å². The zero-order chi connectivity index (χ0) is 12.5. The number of halogens is 1. The molecule has 96 valence electrons. The molecular weight excluding hydrogens is 287 g/mol. The first-order valence-electron chi connectivity index (χ1n) is 5.81. The summed E-state index contributed by atoms with van der Waals surface area (Å²) in [6.45, 7) is 0.905. The number of rotatable bonds is 2. The van der Waals surface area contributed by atoms with E-state index in [1.807, 2.05) is 23.5 Å². The van der Waals surface area contributed by atoms with Crippen LogP contribution in [0.25, 0.3) is 11.0 Å². The highest BCUT2D eigenvalue weighted by molar-refractivity contribution is 8.06. The van der Waals surface area contributed by atoms with E-state index in [1.165, 1.54) is 29.4 Å². The molecule has 1 atom stereocenters. The smallest absolute Gasteiger partial charge is 0.178 e. The second-order valence-corrected chi connectivity index (χ2v) is 7.21. The van der Waals surface area contributed by atoms with Crippen molar-refractivity contribution in [1.29, 1.82) is 0 Å². The van der Waals surface area contributed by atoms with Crippen molar-refractivity contribution in [2.24, 2.45) is 0 Å². The average molecular weight is 300 g/mol. The summed E-state index contributed by atoms with van der Waals surface area (Å²) in [5.74, 6) is 3.39. The van der Waals surface area contributed by atoms with Crippen LogP contribution in [0.1, 0.15) is 0 Å². The van der Waals surface area contributed by atoms with E-state index >= 15 is 0 Å². The molecule has 2 nitrogen and oxygen atoms in total. The first-order valence-corrected chi connectivity index (χ1v) is 8.42. The number of aromatic nitrogens is 2. The third-order valence-corrected chi connectivity index (χ3v) is 6.16. The van der Waals surface area contributed by atoms with E-state index in [1.54, 1.807) is 6.07 Å². The number of fused-ring (bicyclic) bond motifs is 1. The molecule has 1 saturated heterocycles. The van der Waals surface area contributed by atoms with E-state index in [9.17, 15) is 4.39 Å². The first-order chi connectivity index (χ1) is 8.74. The Hall–Kier alpha value is -0.460. The van der Waals surface area contributed by atoms with Gasteiger partial charge in [0.05, 0.1) is 11.0 Å². The van der Waals surface area contributed by atoms with Crippen LogP contribution >= 0.6 is 35.7 Å². The Bertz CT molecular complexity index is 613. The lowest BCUT2D eigenvalue weighted by molar-refractivity contribution is 0.629. The van der Waals surface area contributed by atoms with Gasteiger partial charge in [-0.2, -0.15) is 23.5 Å². The number of benzene rings is 1. The fourth-order valence-corrected chi connectivity index (χ4v) is 5.10. The summed E-state index contributed by atoms with van der Waals surface area (Å²) < 4.78 is 15.9. The van der Waals surface area contributed by atoms with Gasteiger partial charge in [-0.3, -0.25) is 0 Å². The summed E-state index contributed by atoms with van der Waals surface area (Å²) in [5.41, 5.74) is 1.78. The van der Waals surface area contributed by atoms with Crippen molar-refractivity contribution in [2.75, 3.05) is 17.3 Å². The lowest BCUT2D eigenvalue weighted by atomic mass is 10.3. The van der Waals surface area contributed by atoms with Crippen molar-refractivity contribution < 1.29 is 4.39 Å². The highest BCUT2D eigenvalue weighted by Gasteiger charge is 2.16. The number of nitrogens with one attached hydrogen (secondary N) is 1. The fourth-order valence-electron chi connectivity index (χ4n) is 2.16. The van der Waals surface area contributed by atoms with Crippen LogP contribution < -0.4 is 0 Å². The number of imidazole rings is 1. The lowest BCUT2D eigenvalue weighted by Gasteiger charge is -2.21. The molecule has 2 aromatic rings. The number of hydrogen-bond donors (Lipinski definition) is 1. The van der Waals surface area contributed by atoms with Gasteiger partial charge in [0, 0.05) is 29.1 Å². The van der Waals surface area contributed by atoms with Gasteiger partial charge in [0.2, 0.25) is 0 Å². The van der Waals surface area contributed by atoms with E-state index in [-0.39, 0.29) is 5.82 Å². The largest absolute Gasteiger partial charge is 0.330 e. The molecule has 0 bridgehead atoms. The molecule has 0 radical (unpaired) electrons. The minimum atomic E-state index is -0.228. The third-order valence-electron chi connectivity index (χ3n) is 3.01. The van der Waals surface area contributed by atoms with Crippen molar-refractivity contribution in [3.8, 4) is 0 Å². The number of nitrogens with zero attached hydrogens (tertiary/aromatic N) is 1. The van der Waals surface area contributed by atoms with Crippen LogP contribution in [0.4, 0.5) is 4.39 Å². The molecule has 1 fully saturated rings. The Kier molecular flexibility index (Phi) is 3.68. The maximum Gasteiger partial charge on any atom is 0.178 e.